The molecule has 62 valence electrons. The maximum Gasteiger partial charge on any atom is 0.131 e. The van der Waals surface area contributed by atoms with Crippen molar-refractivity contribution in [3.8, 4) is 0 Å². The molecule has 0 saturated carbocycles. The van der Waals surface area contributed by atoms with Crippen molar-refractivity contribution in [1.82, 2.24) is 4.98 Å². The maximum atomic E-state index is 12.5. The number of rotatable bonds is 0. The Morgan fingerprint density at radius 3 is 2.36 bits per heavy atom. The average molecular weight is 156 g/mol. The number of nitrogens with two attached hydrogens (primary N) is 1. The zero-order valence-electron chi connectivity index (χ0n) is 7.06. The molecule has 0 spiro atoms. The van der Waals surface area contributed by atoms with Gasteiger partial charge in [-0.25, -0.2) is 9.37 Å². The summed E-state index contributed by atoms with van der Waals surface area (Å²) in [5.74, 6) is -0.0828. The van der Waals surface area contributed by atoms with Gasteiger partial charge in [0.15, 0.2) is 0 Å². The van der Waals surface area contributed by atoms with E-state index in [0.717, 1.165) is 0 Å². The third-order valence-electron chi connectivity index (χ3n) is 1.06. The molecule has 0 atom stereocenters. The number of anilines is 1. The Bertz CT molecular complexity index is 223. The van der Waals surface area contributed by atoms with Crippen LogP contribution in [0.5, 0.6) is 0 Å². The first kappa shape index (κ1) is 9.88. The Balaban J connectivity index is 0.000000461. The summed E-state index contributed by atoms with van der Waals surface area (Å²) < 4.78 is 12.5. The van der Waals surface area contributed by atoms with Crippen LogP contribution < -0.4 is 5.73 Å². The molecule has 0 amide bonds. The summed E-state index contributed by atoms with van der Waals surface area (Å²) in [6, 6.07) is 1.20. The van der Waals surface area contributed by atoms with Crippen LogP contribution in [0.25, 0.3) is 0 Å². The smallest absolute Gasteiger partial charge is 0.131 e. The molecule has 1 aromatic rings. The third-order valence-corrected chi connectivity index (χ3v) is 1.06. The third kappa shape index (κ3) is 2.98. The summed E-state index contributed by atoms with van der Waals surface area (Å²) in [6.07, 6.45) is 1.41. The van der Waals surface area contributed by atoms with Gasteiger partial charge in [0.2, 0.25) is 0 Å². The van der Waals surface area contributed by atoms with E-state index in [1.807, 2.05) is 13.8 Å². The molecule has 2 N–H and O–H groups in total. The Kier molecular flexibility index (Phi) is 4.18. The van der Waals surface area contributed by atoms with Crippen molar-refractivity contribution in [2.45, 2.75) is 20.8 Å². The summed E-state index contributed by atoms with van der Waals surface area (Å²) in [7, 11) is 0. The Hall–Kier alpha value is -1.12. The van der Waals surface area contributed by atoms with Crippen molar-refractivity contribution >= 4 is 5.82 Å². The molecule has 1 aromatic heterocycles. The minimum absolute atomic E-state index is 0.220. The number of hydrogen-bond acceptors (Lipinski definition) is 2. The fraction of sp³-hybridized carbons (Fsp3) is 0.375. The SMILES string of the molecule is CC.Cc1cnc(N)cc1F. The number of nitrogen functional groups attached to an aromatic ring is 1. The summed E-state index contributed by atoms with van der Waals surface area (Å²) >= 11 is 0. The number of hydrogen-bond donors (Lipinski definition) is 1. The topological polar surface area (TPSA) is 38.9 Å². The van der Waals surface area contributed by atoms with E-state index >= 15 is 0 Å². The van der Waals surface area contributed by atoms with E-state index in [9.17, 15) is 4.39 Å². The van der Waals surface area contributed by atoms with Crippen molar-refractivity contribution in [3.05, 3.63) is 23.6 Å². The Morgan fingerprint density at radius 2 is 2.00 bits per heavy atom. The molecule has 0 aliphatic rings. The monoisotopic (exact) mass is 156 g/mol. The Morgan fingerprint density at radius 1 is 1.45 bits per heavy atom. The van der Waals surface area contributed by atoms with Gasteiger partial charge in [-0.05, 0) is 6.92 Å². The van der Waals surface area contributed by atoms with Crippen LogP contribution in [0.15, 0.2) is 12.3 Å². The van der Waals surface area contributed by atoms with Crippen LogP contribution >= 0.6 is 0 Å². The van der Waals surface area contributed by atoms with Gasteiger partial charge in [-0.15, -0.1) is 0 Å². The lowest BCUT2D eigenvalue weighted by Gasteiger charge is -1.94. The van der Waals surface area contributed by atoms with Gasteiger partial charge in [0.25, 0.3) is 0 Å². The van der Waals surface area contributed by atoms with Gasteiger partial charge in [0.1, 0.15) is 11.6 Å². The molecule has 0 unspecified atom stereocenters. The van der Waals surface area contributed by atoms with Crippen LogP contribution in [0.2, 0.25) is 0 Å². The second-order valence-corrected chi connectivity index (χ2v) is 1.86. The molecule has 0 bridgehead atoms. The van der Waals surface area contributed by atoms with Crippen LogP contribution in [0.3, 0.4) is 0 Å². The molecule has 1 heterocycles. The fourth-order valence-corrected chi connectivity index (χ4v) is 0.514. The average Bonchev–Trinajstić information content (AvgIpc) is 2.02. The molecular weight excluding hydrogens is 143 g/mol. The van der Waals surface area contributed by atoms with Crippen LogP contribution in [-0.4, -0.2) is 4.98 Å². The number of nitrogens with zero attached hydrogens (tertiary/aromatic N) is 1. The first-order chi connectivity index (χ1) is 5.20. The highest BCUT2D eigenvalue weighted by Gasteiger charge is 1.95. The van der Waals surface area contributed by atoms with Crippen LogP contribution in [0, 0.1) is 12.7 Å². The first-order valence-electron chi connectivity index (χ1n) is 3.58. The highest BCUT2D eigenvalue weighted by molar-refractivity contribution is 5.29. The van der Waals surface area contributed by atoms with Crippen LogP contribution in [0.4, 0.5) is 10.2 Å². The number of aromatic nitrogens is 1. The Labute approximate surface area is 66.3 Å². The van der Waals surface area contributed by atoms with Gasteiger partial charge in [-0.3, -0.25) is 0 Å². The number of aryl methyl sites for hydroxylation is 1. The normalized spacial score (nSPS) is 8.36. The standard InChI is InChI=1S/C6H7FN2.C2H6/c1-4-3-9-6(8)2-5(4)7;1-2/h2-3H,1H3,(H2,8,9);1-2H3. The number of pyridine rings is 1. The quantitative estimate of drug-likeness (QED) is 0.625. The van der Waals surface area contributed by atoms with E-state index in [1.54, 1.807) is 6.92 Å². The second kappa shape index (κ2) is 4.66. The molecule has 0 aromatic carbocycles. The minimum Gasteiger partial charge on any atom is -0.384 e. The first-order valence-corrected chi connectivity index (χ1v) is 3.58. The van der Waals surface area contributed by atoms with E-state index in [0.29, 0.717) is 5.56 Å². The van der Waals surface area contributed by atoms with E-state index in [4.69, 9.17) is 5.73 Å². The van der Waals surface area contributed by atoms with Gasteiger partial charge < -0.3 is 5.73 Å². The lowest BCUT2D eigenvalue weighted by molar-refractivity contribution is 0.617. The molecule has 1 rings (SSSR count). The minimum atomic E-state index is -0.303. The summed E-state index contributed by atoms with van der Waals surface area (Å²) in [5, 5.41) is 0. The lowest BCUT2D eigenvalue weighted by Crippen LogP contribution is -1.92. The van der Waals surface area contributed by atoms with Gasteiger partial charge in [-0.1, -0.05) is 13.8 Å². The molecule has 0 aliphatic carbocycles. The van der Waals surface area contributed by atoms with E-state index < -0.39 is 0 Å². The predicted molar refractivity (Wildman–Crippen MR) is 44.7 cm³/mol. The zero-order chi connectivity index (χ0) is 8.85. The molecule has 3 heteroatoms. The van der Waals surface area contributed by atoms with Crippen LogP contribution in [-0.2, 0) is 0 Å². The molecule has 0 aliphatic heterocycles. The highest BCUT2D eigenvalue weighted by Crippen LogP contribution is 2.05. The highest BCUT2D eigenvalue weighted by atomic mass is 19.1. The van der Waals surface area contributed by atoms with Crippen molar-refractivity contribution in [1.29, 1.82) is 0 Å². The second-order valence-electron chi connectivity index (χ2n) is 1.86. The summed E-state index contributed by atoms with van der Waals surface area (Å²) in [4.78, 5) is 3.68. The number of halogens is 1. The largest absolute Gasteiger partial charge is 0.384 e. The zero-order valence-corrected chi connectivity index (χ0v) is 7.06. The fourth-order valence-electron chi connectivity index (χ4n) is 0.514. The van der Waals surface area contributed by atoms with Crippen molar-refractivity contribution in [3.63, 3.8) is 0 Å². The summed E-state index contributed by atoms with van der Waals surface area (Å²) in [5.41, 5.74) is 5.69. The molecule has 11 heavy (non-hydrogen) atoms. The van der Waals surface area contributed by atoms with Crippen molar-refractivity contribution < 1.29 is 4.39 Å². The predicted octanol–water partition coefficient (Wildman–Crippen LogP) is 2.14. The summed E-state index contributed by atoms with van der Waals surface area (Å²) in [6.45, 7) is 5.64. The van der Waals surface area contributed by atoms with E-state index in [1.165, 1.54) is 12.3 Å². The van der Waals surface area contributed by atoms with Gasteiger partial charge in [-0.2, -0.15) is 0 Å². The molecule has 0 saturated heterocycles. The van der Waals surface area contributed by atoms with Gasteiger partial charge >= 0.3 is 0 Å². The van der Waals surface area contributed by atoms with E-state index in [2.05, 4.69) is 4.98 Å². The lowest BCUT2D eigenvalue weighted by atomic mass is 10.3. The molecule has 0 fully saturated rings. The van der Waals surface area contributed by atoms with Crippen molar-refractivity contribution in [2.75, 3.05) is 5.73 Å². The molecule has 0 radical (unpaired) electrons. The van der Waals surface area contributed by atoms with Crippen molar-refractivity contribution in [2.24, 2.45) is 0 Å². The van der Waals surface area contributed by atoms with Gasteiger partial charge in [0.05, 0.1) is 0 Å². The van der Waals surface area contributed by atoms with Gasteiger partial charge in [0, 0.05) is 17.8 Å². The maximum absolute atomic E-state index is 12.5. The molecular formula is C8H13FN2. The van der Waals surface area contributed by atoms with Crippen LogP contribution in [0.1, 0.15) is 19.4 Å². The molecule has 2 nitrogen and oxygen atoms in total. The van der Waals surface area contributed by atoms with E-state index in [-0.39, 0.29) is 11.6 Å².